The standard InChI is InChI=1S/C12H15NO2/c14-11-5-3-10(4-6-11)8-13-7-1-2-12(15)9-13/h3-6,14H,1-2,7-9H2. The fourth-order valence-electron chi connectivity index (χ4n) is 1.90. The van der Waals surface area contributed by atoms with Crippen molar-refractivity contribution in [1.82, 2.24) is 4.90 Å². The van der Waals surface area contributed by atoms with Crippen molar-refractivity contribution in [3.8, 4) is 5.75 Å². The van der Waals surface area contributed by atoms with Crippen molar-refractivity contribution < 1.29 is 9.90 Å². The monoisotopic (exact) mass is 205 g/mol. The van der Waals surface area contributed by atoms with Gasteiger partial charge < -0.3 is 5.11 Å². The third-order valence-corrected chi connectivity index (χ3v) is 2.67. The summed E-state index contributed by atoms with van der Waals surface area (Å²) in [6.45, 7) is 2.36. The minimum absolute atomic E-state index is 0.286. The van der Waals surface area contributed by atoms with Gasteiger partial charge in [0.05, 0.1) is 6.54 Å². The molecule has 0 aliphatic carbocycles. The molecule has 1 aliphatic heterocycles. The summed E-state index contributed by atoms with van der Waals surface area (Å²) >= 11 is 0. The minimum atomic E-state index is 0.286. The maximum atomic E-state index is 11.2. The van der Waals surface area contributed by atoms with E-state index < -0.39 is 0 Å². The van der Waals surface area contributed by atoms with Gasteiger partial charge in [-0.25, -0.2) is 0 Å². The number of hydrogen-bond acceptors (Lipinski definition) is 3. The van der Waals surface area contributed by atoms with Gasteiger partial charge in [-0.15, -0.1) is 0 Å². The lowest BCUT2D eigenvalue weighted by Crippen LogP contribution is -2.34. The summed E-state index contributed by atoms with van der Waals surface area (Å²) in [5.41, 5.74) is 1.14. The lowest BCUT2D eigenvalue weighted by Gasteiger charge is -2.25. The van der Waals surface area contributed by atoms with Gasteiger partial charge in [0.25, 0.3) is 0 Å². The summed E-state index contributed by atoms with van der Waals surface area (Å²) < 4.78 is 0. The highest BCUT2D eigenvalue weighted by Gasteiger charge is 2.16. The van der Waals surface area contributed by atoms with E-state index in [1.54, 1.807) is 12.1 Å². The van der Waals surface area contributed by atoms with Crippen LogP contribution in [0.3, 0.4) is 0 Å². The molecule has 1 N–H and O–H groups in total. The number of phenolic OH excluding ortho intramolecular Hbond substituents is 1. The minimum Gasteiger partial charge on any atom is -0.508 e. The number of rotatable bonds is 2. The Bertz CT molecular complexity index is 345. The van der Waals surface area contributed by atoms with Gasteiger partial charge in [-0.1, -0.05) is 12.1 Å². The van der Waals surface area contributed by atoms with Crippen molar-refractivity contribution in [2.75, 3.05) is 13.1 Å². The molecule has 0 saturated carbocycles. The Balaban J connectivity index is 1.96. The Morgan fingerprint density at radius 3 is 2.67 bits per heavy atom. The van der Waals surface area contributed by atoms with Crippen LogP contribution in [0, 0.1) is 0 Å². The Morgan fingerprint density at radius 1 is 1.27 bits per heavy atom. The highest BCUT2D eigenvalue weighted by molar-refractivity contribution is 5.81. The SMILES string of the molecule is O=C1CCCN(Cc2ccc(O)cc2)C1. The number of aromatic hydroxyl groups is 1. The first-order valence-electron chi connectivity index (χ1n) is 5.26. The van der Waals surface area contributed by atoms with Gasteiger partial charge in [0.2, 0.25) is 0 Å². The molecule has 80 valence electrons. The highest BCUT2D eigenvalue weighted by Crippen LogP contribution is 2.14. The van der Waals surface area contributed by atoms with Crippen LogP contribution >= 0.6 is 0 Å². The number of benzene rings is 1. The van der Waals surface area contributed by atoms with Crippen LogP contribution in [-0.4, -0.2) is 28.9 Å². The van der Waals surface area contributed by atoms with Gasteiger partial charge in [-0.05, 0) is 30.7 Å². The fourth-order valence-corrected chi connectivity index (χ4v) is 1.90. The van der Waals surface area contributed by atoms with Crippen LogP contribution in [0.2, 0.25) is 0 Å². The predicted molar refractivity (Wildman–Crippen MR) is 57.6 cm³/mol. The van der Waals surface area contributed by atoms with E-state index in [0.29, 0.717) is 12.3 Å². The van der Waals surface area contributed by atoms with Crippen molar-refractivity contribution in [1.29, 1.82) is 0 Å². The van der Waals surface area contributed by atoms with Gasteiger partial charge >= 0.3 is 0 Å². The molecule has 0 bridgehead atoms. The predicted octanol–water partition coefficient (Wildman–Crippen LogP) is 1.56. The quantitative estimate of drug-likeness (QED) is 0.796. The molecule has 0 atom stereocenters. The van der Waals surface area contributed by atoms with Gasteiger partial charge in [0.15, 0.2) is 0 Å². The van der Waals surface area contributed by atoms with Crippen LogP contribution < -0.4 is 0 Å². The summed E-state index contributed by atoms with van der Waals surface area (Å²) in [6, 6.07) is 7.16. The van der Waals surface area contributed by atoms with E-state index in [1.807, 2.05) is 12.1 Å². The van der Waals surface area contributed by atoms with Gasteiger partial charge in [0, 0.05) is 13.0 Å². The van der Waals surface area contributed by atoms with Gasteiger partial charge in [0.1, 0.15) is 11.5 Å². The molecule has 0 aromatic heterocycles. The molecule has 1 aromatic carbocycles. The molecule has 0 amide bonds. The summed E-state index contributed by atoms with van der Waals surface area (Å²) in [4.78, 5) is 13.4. The number of nitrogens with zero attached hydrogens (tertiary/aromatic N) is 1. The van der Waals surface area contributed by atoms with Crippen LogP contribution in [0.5, 0.6) is 5.75 Å². The largest absolute Gasteiger partial charge is 0.508 e. The number of Topliss-reactive ketones (excluding diaryl/α,β-unsaturated/α-hetero) is 1. The maximum absolute atomic E-state index is 11.2. The molecule has 15 heavy (non-hydrogen) atoms. The smallest absolute Gasteiger partial charge is 0.146 e. The molecule has 2 rings (SSSR count). The number of hydrogen-bond donors (Lipinski definition) is 1. The van der Waals surface area contributed by atoms with Crippen LogP contribution in [0.15, 0.2) is 24.3 Å². The van der Waals surface area contributed by atoms with Crippen molar-refractivity contribution in [3.63, 3.8) is 0 Å². The summed E-state index contributed by atoms with van der Waals surface area (Å²) in [7, 11) is 0. The normalized spacial score (nSPS) is 18.0. The lowest BCUT2D eigenvalue weighted by molar-refractivity contribution is -0.122. The van der Waals surface area contributed by atoms with Crippen molar-refractivity contribution in [3.05, 3.63) is 29.8 Å². The van der Waals surface area contributed by atoms with Crippen LogP contribution in [-0.2, 0) is 11.3 Å². The number of phenols is 1. The van der Waals surface area contributed by atoms with Crippen LogP contribution in [0.25, 0.3) is 0 Å². The second-order valence-electron chi connectivity index (χ2n) is 4.02. The van der Waals surface area contributed by atoms with E-state index in [-0.39, 0.29) is 5.75 Å². The van der Waals surface area contributed by atoms with Crippen molar-refractivity contribution in [2.24, 2.45) is 0 Å². The molecule has 3 heteroatoms. The molecule has 1 heterocycles. The molecule has 1 aliphatic rings. The number of likely N-dealkylation sites (tertiary alicyclic amines) is 1. The van der Waals surface area contributed by atoms with Gasteiger partial charge in [-0.3, -0.25) is 9.69 Å². The first kappa shape index (κ1) is 10.2. The summed E-state index contributed by atoms with van der Waals surface area (Å²) in [5.74, 6) is 0.619. The lowest BCUT2D eigenvalue weighted by atomic mass is 10.1. The van der Waals surface area contributed by atoms with Crippen molar-refractivity contribution in [2.45, 2.75) is 19.4 Å². The Hall–Kier alpha value is -1.35. The molecule has 1 fully saturated rings. The van der Waals surface area contributed by atoms with E-state index in [9.17, 15) is 4.79 Å². The topological polar surface area (TPSA) is 40.5 Å². The molecule has 1 aromatic rings. The molecule has 1 saturated heterocycles. The zero-order valence-corrected chi connectivity index (χ0v) is 8.65. The molecule has 0 spiro atoms. The zero-order valence-electron chi connectivity index (χ0n) is 8.65. The Morgan fingerprint density at radius 2 is 2.00 bits per heavy atom. The maximum Gasteiger partial charge on any atom is 0.146 e. The number of piperidine rings is 1. The van der Waals surface area contributed by atoms with Gasteiger partial charge in [-0.2, -0.15) is 0 Å². The Labute approximate surface area is 89.3 Å². The number of carbonyl (C=O) groups is 1. The molecule has 0 radical (unpaired) electrons. The first-order valence-corrected chi connectivity index (χ1v) is 5.26. The van der Waals surface area contributed by atoms with E-state index in [1.165, 1.54) is 0 Å². The third-order valence-electron chi connectivity index (χ3n) is 2.67. The van der Waals surface area contributed by atoms with E-state index in [2.05, 4.69) is 4.90 Å². The summed E-state index contributed by atoms with van der Waals surface area (Å²) in [5, 5.41) is 9.14. The molecular formula is C12H15NO2. The third kappa shape index (κ3) is 2.80. The second kappa shape index (κ2) is 4.45. The highest BCUT2D eigenvalue weighted by atomic mass is 16.3. The average molecular weight is 205 g/mol. The van der Waals surface area contributed by atoms with Crippen molar-refractivity contribution >= 4 is 5.78 Å². The fraction of sp³-hybridized carbons (Fsp3) is 0.417. The molecule has 3 nitrogen and oxygen atoms in total. The summed E-state index contributed by atoms with van der Waals surface area (Å²) in [6.07, 6.45) is 1.70. The second-order valence-corrected chi connectivity index (χ2v) is 4.02. The van der Waals surface area contributed by atoms with Crippen LogP contribution in [0.1, 0.15) is 18.4 Å². The Kier molecular flexibility index (Phi) is 3.02. The average Bonchev–Trinajstić information content (AvgIpc) is 2.22. The number of ketones is 1. The first-order chi connectivity index (χ1) is 7.24. The molecular weight excluding hydrogens is 190 g/mol. The zero-order chi connectivity index (χ0) is 10.7. The molecule has 0 unspecified atom stereocenters. The van der Waals surface area contributed by atoms with E-state index >= 15 is 0 Å². The van der Waals surface area contributed by atoms with E-state index in [4.69, 9.17) is 5.11 Å². The van der Waals surface area contributed by atoms with Crippen LogP contribution in [0.4, 0.5) is 0 Å². The number of carbonyl (C=O) groups excluding carboxylic acids is 1. The van der Waals surface area contributed by atoms with E-state index in [0.717, 1.165) is 31.5 Å².